The molecule has 0 spiro atoms. The molecule has 0 rings (SSSR count). The second-order valence-electron chi connectivity index (χ2n) is 1.84. The van der Waals surface area contributed by atoms with Crippen LogP contribution in [0.15, 0.2) is 5.70 Å². The van der Waals surface area contributed by atoms with Gasteiger partial charge < -0.3 is 5.32 Å². The van der Waals surface area contributed by atoms with Crippen LogP contribution < -0.4 is 5.32 Å². The summed E-state index contributed by atoms with van der Waals surface area (Å²) in [5, 5.41) is 9.03. The number of rotatable bonds is 3. The number of hydrogen-bond donors (Lipinski definition) is 2. The SMILES string of the molecule is [C-]#[N+]C(=C=N)C(=O)NCCC. The lowest BCUT2D eigenvalue weighted by molar-refractivity contribution is -0.117. The second-order valence-corrected chi connectivity index (χ2v) is 1.84. The Morgan fingerprint density at radius 2 is 2.45 bits per heavy atom. The molecule has 0 aliphatic heterocycles. The van der Waals surface area contributed by atoms with Crippen molar-refractivity contribution in [2.75, 3.05) is 6.54 Å². The molecule has 0 aliphatic rings. The first-order chi connectivity index (χ1) is 5.26. The highest BCUT2D eigenvalue weighted by Crippen LogP contribution is 1.88. The summed E-state index contributed by atoms with van der Waals surface area (Å²) in [6, 6.07) is 0. The summed E-state index contributed by atoms with van der Waals surface area (Å²) < 4.78 is 0. The van der Waals surface area contributed by atoms with E-state index in [0.29, 0.717) is 6.54 Å². The van der Waals surface area contributed by atoms with Crippen molar-refractivity contribution in [3.63, 3.8) is 0 Å². The first-order valence-corrected chi connectivity index (χ1v) is 3.21. The normalized spacial score (nSPS) is 7.64. The van der Waals surface area contributed by atoms with Gasteiger partial charge in [-0.15, -0.1) is 0 Å². The van der Waals surface area contributed by atoms with Crippen molar-refractivity contribution in [2.24, 2.45) is 0 Å². The molecule has 0 radical (unpaired) electrons. The average Bonchev–Trinajstić information content (AvgIpc) is 2.03. The Morgan fingerprint density at radius 1 is 1.82 bits per heavy atom. The molecule has 0 heterocycles. The van der Waals surface area contributed by atoms with Gasteiger partial charge in [0.05, 0.1) is 6.57 Å². The zero-order chi connectivity index (χ0) is 8.69. The van der Waals surface area contributed by atoms with Crippen LogP contribution in [-0.2, 0) is 4.79 Å². The quantitative estimate of drug-likeness (QED) is 0.345. The van der Waals surface area contributed by atoms with Crippen molar-refractivity contribution < 1.29 is 4.79 Å². The molecule has 1 amide bonds. The molecule has 58 valence electrons. The van der Waals surface area contributed by atoms with Gasteiger partial charge in [0.25, 0.3) is 5.91 Å². The first-order valence-electron chi connectivity index (χ1n) is 3.21. The molecular weight excluding hydrogens is 142 g/mol. The minimum atomic E-state index is -0.517. The summed E-state index contributed by atoms with van der Waals surface area (Å²) >= 11 is 0. The van der Waals surface area contributed by atoms with Crippen molar-refractivity contribution in [3.05, 3.63) is 17.1 Å². The Morgan fingerprint density at radius 3 is 2.82 bits per heavy atom. The van der Waals surface area contributed by atoms with Gasteiger partial charge in [0.1, 0.15) is 0 Å². The van der Waals surface area contributed by atoms with E-state index in [0.717, 1.165) is 6.42 Å². The van der Waals surface area contributed by atoms with Crippen LogP contribution in [-0.4, -0.2) is 18.3 Å². The van der Waals surface area contributed by atoms with E-state index < -0.39 is 5.91 Å². The van der Waals surface area contributed by atoms with Crippen molar-refractivity contribution in [2.45, 2.75) is 13.3 Å². The van der Waals surface area contributed by atoms with E-state index in [-0.39, 0.29) is 5.70 Å². The molecule has 0 saturated heterocycles. The maximum atomic E-state index is 10.8. The lowest BCUT2D eigenvalue weighted by atomic mass is 10.4. The summed E-state index contributed by atoms with van der Waals surface area (Å²) in [5.41, 5.74) is -0.293. The van der Waals surface area contributed by atoms with Crippen LogP contribution >= 0.6 is 0 Å². The maximum Gasteiger partial charge on any atom is 0.309 e. The average molecular weight is 151 g/mol. The third-order valence-electron chi connectivity index (χ3n) is 0.981. The zero-order valence-electron chi connectivity index (χ0n) is 6.27. The maximum absolute atomic E-state index is 10.8. The van der Waals surface area contributed by atoms with Gasteiger partial charge in [-0.3, -0.25) is 10.2 Å². The van der Waals surface area contributed by atoms with E-state index in [1.807, 2.05) is 6.92 Å². The molecule has 0 atom stereocenters. The molecule has 11 heavy (non-hydrogen) atoms. The zero-order valence-corrected chi connectivity index (χ0v) is 6.27. The summed E-state index contributed by atoms with van der Waals surface area (Å²) in [6.45, 7) is 8.91. The van der Waals surface area contributed by atoms with Gasteiger partial charge in [0.15, 0.2) is 0 Å². The highest BCUT2D eigenvalue weighted by Gasteiger charge is 2.06. The highest BCUT2D eigenvalue weighted by atomic mass is 16.1. The van der Waals surface area contributed by atoms with E-state index >= 15 is 0 Å². The van der Waals surface area contributed by atoms with E-state index in [2.05, 4.69) is 10.2 Å². The summed E-state index contributed by atoms with van der Waals surface area (Å²) in [5.74, 6) is 1.24. The molecule has 0 aromatic rings. The van der Waals surface area contributed by atoms with Crippen molar-refractivity contribution in [1.29, 1.82) is 5.41 Å². The van der Waals surface area contributed by atoms with Gasteiger partial charge in [-0.05, 0) is 12.3 Å². The minimum Gasteiger partial charge on any atom is -0.361 e. The van der Waals surface area contributed by atoms with Gasteiger partial charge in [-0.2, -0.15) is 0 Å². The van der Waals surface area contributed by atoms with E-state index in [1.54, 1.807) is 5.87 Å². The first kappa shape index (κ1) is 9.41. The Bertz CT molecular complexity index is 233. The van der Waals surface area contributed by atoms with Crippen LogP contribution in [0.3, 0.4) is 0 Å². The Kier molecular flexibility index (Phi) is 4.46. The van der Waals surface area contributed by atoms with Gasteiger partial charge in [-0.1, -0.05) is 6.92 Å². The van der Waals surface area contributed by atoms with E-state index in [4.69, 9.17) is 12.0 Å². The van der Waals surface area contributed by atoms with Gasteiger partial charge >= 0.3 is 5.70 Å². The van der Waals surface area contributed by atoms with Gasteiger partial charge in [0, 0.05) is 6.54 Å². The second kappa shape index (κ2) is 5.21. The molecule has 0 bridgehead atoms. The molecule has 4 heteroatoms. The van der Waals surface area contributed by atoms with Gasteiger partial charge in [-0.25, -0.2) is 4.85 Å². The molecule has 0 aromatic heterocycles. The fourth-order valence-corrected chi connectivity index (χ4v) is 0.458. The number of hydrogen-bond acceptors (Lipinski definition) is 2. The Labute approximate surface area is 65.2 Å². The van der Waals surface area contributed by atoms with E-state index in [9.17, 15) is 4.79 Å². The van der Waals surface area contributed by atoms with Crippen LogP contribution in [0.25, 0.3) is 4.85 Å². The molecule has 0 saturated carbocycles. The van der Waals surface area contributed by atoms with Crippen LogP contribution in [0.5, 0.6) is 0 Å². The Balaban J connectivity index is 4.05. The Hall–Kier alpha value is -1.59. The summed E-state index contributed by atoms with van der Waals surface area (Å²) in [6.07, 6.45) is 0.815. The van der Waals surface area contributed by atoms with Gasteiger partial charge in [0.2, 0.25) is 0 Å². The smallest absolute Gasteiger partial charge is 0.309 e. The summed E-state index contributed by atoms with van der Waals surface area (Å²) in [4.78, 5) is 13.6. The van der Waals surface area contributed by atoms with Crippen LogP contribution in [0.2, 0.25) is 0 Å². The lowest BCUT2D eigenvalue weighted by Crippen LogP contribution is -2.24. The number of carbonyl (C=O) groups excluding carboxylic acids is 1. The molecule has 0 fully saturated rings. The topological polar surface area (TPSA) is 57.3 Å². The number of amides is 1. The monoisotopic (exact) mass is 151 g/mol. The predicted octanol–water partition coefficient (Wildman–Crippen LogP) is 0.564. The summed E-state index contributed by atoms with van der Waals surface area (Å²) in [7, 11) is 0. The lowest BCUT2D eigenvalue weighted by Gasteiger charge is -1.97. The third-order valence-corrected chi connectivity index (χ3v) is 0.981. The van der Waals surface area contributed by atoms with Crippen LogP contribution in [0, 0.1) is 12.0 Å². The fraction of sp³-hybridized carbons (Fsp3) is 0.429. The molecule has 0 unspecified atom stereocenters. The van der Waals surface area contributed by atoms with Crippen LogP contribution in [0.1, 0.15) is 13.3 Å². The largest absolute Gasteiger partial charge is 0.361 e. The minimum absolute atomic E-state index is 0.293. The van der Waals surface area contributed by atoms with Crippen LogP contribution in [0.4, 0.5) is 0 Å². The third kappa shape index (κ3) is 3.19. The van der Waals surface area contributed by atoms with Crippen molar-refractivity contribution in [3.8, 4) is 0 Å². The molecule has 0 aliphatic carbocycles. The molecule has 2 N–H and O–H groups in total. The highest BCUT2D eigenvalue weighted by molar-refractivity contribution is 6.02. The number of nitrogens with zero attached hydrogens (tertiary/aromatic N) is 1. The molecular formula is C7H9N3O. The molecule has 4 nitrogen and oxygen atoms in total. The number of nitrogens with one attached hydrogen (secondary N) is 2. The van der Waals surface area contributed by atoms with Crippen molar-refractivity contribution >= 4 is 11.8 Å². The molecule has 0 aromatic carbocycles. The van der Waals surface area contributed by atoms with Crippen molar-refractivity contribution in [1.82, 2.24) is 5.32 Å². The standard InChI is InChI=1S/C7H9N3O/c1-3-4-10-7(11)6(5-8)9-2/h8H,3-4H2,1H3,(H,10,11). The fourth-order valence-electron chi connectivity index (χ4n) is 0.458. The predicted molar refractivity (Wildman–Crippen MR) is 41.1 cm³/mol. The number of carbonyl (C=O) groups is 1. The van der Waals surface area contributed by atoms with E-state index in [1.165, 1.54) is 0 Å².